The van der Waals surface area contributed by atoms with Gasteiger partial charge in [0.15, 0.2) is 0 Å². The van der Waals surface area contributed by atoms with Crippen molar-refractivity contribution in [3.63, 3.8) is 0 Å². The van der Waals surface area contributed by atoms with Crippen molar-refractivity contribution in [2.24, 2.45) is 0 Å². The SMILES string of the molecule is CC1(C)OB([C@H]2C[C@@H]2c2ccc(C#N)cc2)OC1(C)C. The highest BCUT2D eigenvalue weighted by atomic mass is 16.7. The minimum absolute atomic E-state index is 0.111. The van der Waals surface area contributed by atoms with Crippen molar-refractivity contribution >= 4 is 7.12 Å². The number of benzene rings is 1. The third-order valence-electron chi connectivity index (χ3n) is 4.93. The minimum atomic E-state index is -0.254. The number of nitriles is 1. The standard InChI is InChI=1S/C16H20BNO2/c1-15(2)16(3,4)20-17(19-15)14-9-13(14)12-7-5-11(10-18)6-8-12/h5-8,13-14H,9H2,1-4H3/t13-,14+/m1/s1. The average molecular weight is 269 g/mol. The van der Waals surface area contributed by atoms with Crippen LogP contribution in [0.1, 0.15) is 51.2 Å². The van der Waals surface area contributed by atoms with E-state index in [-0.39, 0.29) is 18.3 Å². The third kappa shape index (κ3) is 2.15. The van der Waals surface area contributed by atoms with Crippen LogP contribution in [0.2, 0.25) is 5.82 Å². The maximum atomic E-state index is 8.83. The highest BCUT2D eigenvalue weighted by molar-refractivity contribution is 6.49. The topological polar surface area (TPSA) is 42.2 Å². The van der Waals surface area contributed by atoms with Gasteiger partial charge in [0.25, 0.3) is 0 Å². The summed E-state index contributed by atoms with van der Waals surface area (Å²) in [7, 11) is -0.111. The first-order chi connectivity index (χ1) is 9.34. The quantitative estimate of drug-likeness (QED) is 0.771. The molecule has 3 nitrogen and oxygen atoms in total. The highest BCUT2D eigenvalue weighted by Crippen LogP contribution is 2.58. The molecule has 4 heteroatoms. The van der Waals surface area contributed by atoms with E-state index in [1.807, 2.05) is 12.1 Å². The van der Waals surface area contributed by atoms with Gasteiger partial charge in [-0.2, -0.15) is 5.26 Å². The van der Waals surface area contributed by atoms with Gasteiger partial charge in [-0.1, -0.05) is 12.1 Å². The number of rotatable bonds is 2. The van der Waals surface area contributed by atoms with Gasteiger partial charge in [-0.3, -0.25) is 0 Å². The Hall–Kier alpha value is -1.31. The zero-order chi connectivity index (χ0) is 14.5. The predicted octanol–water partition coefficient (Wildman–Crippen LogP) is 3.51. The summed E-state index contributed by atoms with van der Waals surface area (Å²) in [4.78, 5) is 0. The fourth-order valence-electron chi connectivity index (χ4n) is 2.77. The molecule has 0 spiro atoms. The van der Waals surface area contributed by atoms with E-state index in [1.54, 1.807) is 0 Å². The summed E-state index contributed by atoms with van der Waals surface area (Å²) in [6.07, 6.45) is 1.10. The minimum Gasteiger partial charge on any atom is -0.403 e. The lowest BCUT2D eigenvalue weighted by Gasteiger charge is -2.32. The second-order valence-electron chi connectivity index (χ2n) is 6.86. The monoisotopic (exact) mass is 269 g/mol. The molecule has 0 radical (unpaired) electrons. The van der Waals surface area contributed by atoms with Gasteiger partial charge in [0.05, 0.1) is 22.8 Å². The Balaban J connectivity index is 1.69. The predicted molar refractivity (Wildman–Crippen MR) is 78.3 cm³/mol. The molecule has 104 valence electrons. The molecule has 0 amide bonds. The van der Waals surface area contributed by atoms with Gasteiger partial charge in [-0.25, -0.2) is 0 Å². The molecule has 2 aliphatic rings. The van der Waals surface area contributed by atoms with E-state index in [2.05, 4.69) is 45.9 Å². The van der Waals surface area contributed by atoms with E-state index in [0.29, 0.717) is 17.3 Å². The third-order valence-corrected chi connectivity index (χ3v) is 4.93. The van der Waals surface area contributed by atoms with E-state index >= 15 is 0 Å². The van der Waals surface area contributed by atoms with Gasteiger partial charge in [0, 0.05) is 5.82 Å². The van der Waals surface area contributed by atoms with Crippen LogP contribution in [0.3, 0.4) is 0 Å². The molecule has 0 bridgehead atoms. The van der Waals surface area contributed by atoms with Crippen LogP contribution in [-0.4, -0.2) is 18.3 Å². The molecule has 0 unspecified atom stereocenters. The normalized spacial score (nSPS) is 30.1. The molecule has 20 heavy (non-hydrogen) atoms. The maximum absolute atomic E-state index is 8.83. The van der Waals surface area contributed by atoms with Gasteiger partial charge in [0.1, 0.15) is 0 Å². The molecular weight excluding hydrogens is 249 g/mol. The van der Waals surface area contributed by atoms with Crippen LogP contribution >= 0.6 is 0 Å². The van der Waals surface area contributed by atoms with Crippen molar-refractivity contribution < 1.29 is 9.31 Å². The molecule has 2 atom stereocenters. The van der Waals surface area contributed by atoms with Crippen molar-refractivity contribution in [3.8, 4) is 6.07 Å². The Kier molecular flexibility index (Phi) is 2.97. The van der Waals surface area contributed by atoms with Gasteiger partial charge in [-0.15, -0.1) is 0 Å². The van der Waals surface area contributed by atoms with E-state index < -0.39 is 0 Å². The summed E-state index contributed by atoms with van der Waals surface area (Å²) in [5.41, 5.74) is 1.48. The lowest BCUT2D eigenvalue weighted by molar-refractivity contribution is 0.00578. The molecule has 1 heterocycles. The van der Waals surface area contributed by atoms with Crippen molar-refractivity contribution in [1.82, 2.24) is 0 Å². The molecule has 0 N–H and O–H groups in total. The smallest absolute Gasteiger partial charge is 0.403 e. The zero-order valence-corrected chi connectivity index (χ0v) is 12.5. The van der Waals surface area contributed by atoms with Crippen molar-refractivity contribution in [3.05, 3.63) is 35.4 Å². The van der Waals surface area contributed by atoms with Gasteiger partial charge >= 0.3 is 7.12 Å². The second kappa shape index (κ2) is 4.34. The van der Waals surface area contributed by atoms with Gasteiger partial charge in [0.2, 0.25) is 0 Å². The first kappa shape index (κ1) is 13.7. The zero-order valence-electron chi connectivity index (χ0n) is 12.5. The van der Waals surface area contributed by atoms with Crippen LogP contribution in [-0.2, 0) is 9.31 Å². The van der Waals surface area contributed by atoms with E-state index in [9.17, 15) is 0 Å². The summed E-state index contributed by atoms with van der Waals surface area (Å²) in [6.45, 7) is 8.36. The van der Waals surface area contributed by atoms with E-state index in [1.165, 1.54) is 5.56 Å². The summed E-state index contributed by atoms with van der Waals surface area (Å²) in [5, 5.41) is 8.83. The fraction of sp³-hybridized carbons (Fsp3) is 0.562. The Morgan fingerprint density at radius 1 is 1.10 bits per heavy atom. The van der Waals surface area contributed by atoms with Crippen molar-refractivity contribution in [2.45, 2.75) is 57.1 Å². The van der Waals surface area contributed by atoms with Crippen molar-refractivity contribution in [2.75, 3.05) is 0 Å². The Morgan fingerprint density at radius 3 is 2.15 bits per heavy atom. The number of nitrogens with zero attached hydrogens (tertiary/aromatic N) is 1. The first-order valence-corrected chi connectivity index (χ1v) is 7.20. The number of hydrogen-bond acceptors (Lipinski definition) is 3. The summed E-state index contributed by atoms with van der Waals surface area (Å²) in [5.74, 6) is 0.932. The van der Waals surface area contributed by atoms with Gasteiger partial charge in [-0.05, 0) is 57.7 Å². The molecule has 3 rings (SSSR count). The Bertz CT molecular complexity index is 543. The molecular formula is C16H20BNO2. The molecule has 1 aromatic carbocycles. The van der Waals surface area contributed by atoms with E-state index in [4.69, 9.17) is 14.6 Å². The molecule has 1 aliphatic heterocycles. The van der Waals surface area contributed by atoms with Crippen LogP contribution in [0.5, 0.6) is 0 Å². The molecule has 1 saturated carbocycles. The van der Waals surface area contributed by atoms with Crippen LogP contribution < -0.4 is 0 Å². The molecule has 1 aliphatic carbocycles. The summed E-state index contributed by atoms with van der Waals surface area (Å²) >= 11 is 0. The molecule has 0 aromatic heterocycles. The van der Waals surface area contributed by atoms with Crippen molar-refractivity contribution in [1.29, 1.82) is 5.26 Å². The lowest BCUT2D eigenvalue weighted by Crippen LogP contribution is -2.41. The van der Waals surface area contributed by atoms with Crippen LogP contribution in [0.25, 0.3) is 0 Å². The van der Waals surface area contributed by atoms with E-state index in [0.717, 1.165) is 6.42 Å². The second-order valence-corrected chi connectivity index (χ2v) is 6.86. The maximum Gasteiger partial charge on any atom is 0.461 e. The average Bonchev–Trinajstić information content (AvgIpc) is 3.13. The fourth-order valence-corrected chi connectivity index (χ4v) is 2.77. The van der Waals surface area contributed by atoms with Crippen LogP contribution in [0, 0.1) is 11.3 Å². The lowest BCUT2D eigenvalue weighted by atomic mass is 9.79. The van der Waals surface area contributed by atoms with Crippen LogP contribution in [0.15, 0.2) is 24.3 Å². The highest BCUT2D eigenvalue weighted by Gasteiger charge is 2.59. The summed E-state index contributed by atoms with van der Waals surface area (Å²) in [6, 6.07) is 10.0. The van der Waals surface area contributed by atoms with Gasteiger partial charge < -0.3 is 9.31 Å². The first-order valence-electron chi connectivity index (χ1n) is 7.20. The Morgan fingerprint density at radius 2 is 1.65 bits per heavy atom. The largest absolute Gasteiger partial charge is 0.461 e. The summed E-state index contributed by atoms with van der Waals surface area (Å²) < 4.78 is 12.2. The molecule has 1 saturated heterocycles. The Labute approximate surface area is 121 Å². The number of hydrogen-bond donors (Lipinski definition) is 0. The molecule has 2 fully saturated rings. The molecule has 1 aromatic rings. The van der Waals surface area contributed by atoms with Crippen LogP contribution in [0.4, 0.5) is 0 Å².